The van der Waals surface area contributed by atoms with Crippen molar-refractivity contribution in [2.75, 3.05) is 24.7 Å². The number of aliphatic hydroxyl groups is 1. The van der Waals surface area contributed by atoms with Gasteiger partial charge in [-0.1, -0.05) is 13.0 Å². The van der Waals surface area contributed by atoms with Crippen molar-refractivity contribution in [2.24, 2.45) is 0 Å². The molecule has 24 heavy (non-hydrogen) atoms. The molecule has 1 aromatic rings. The molecule has 0 aromatic heterocycles. The second kappa shape index (κ2) is 7.07. The van der Waals surface area contributed by atoms with Gasteiger partial charge in [0.1, 0.15) is 12.5 Å². The van der Waals surface area contributed by atoms with E-state index in [-0.39, 0.29) is 0 Å². The second-order valence-electron chi connectivity index (χ2n) is 6.00. The first-order valence-corrected chi connectivity index (χ1v) is 8.20. The number of carbonyl (C=O) groups is 1. The molecule has 0 saturated heterocycles. The number of nitrogens with zero attached hydrogens (tertiary/aromatic N) is 1. The molecular formula is C18H23N3O3. The van der Waals surface area contributed by atoms with E-state index in [9.17, 15) is 9.90 Å². The van der Waals surface area contributed by atoms with Crippen LogP contribution in [0.3, 0.4) is 0 Å². The SMILES string of the molecule is CCCNC(O)c1ccc(N2COC3=C2NCC(C=O)=C3)cc1C. The van der Waals surface area contributed by atoms with E-state index in [1.165, 1.54) is 0 Å². The number of nitrogens with one attached hydrogen (secondary N) is 2. The van der Waals surface area contributed by atoms with E-state index in [0.29, 0.717) is 24.6 Å². The highest BCUT2D eigenvalue weighted by Crippen LogP contribution is 2.31. The standard InChI is InChI=1S/C18H23N3O3/c1-3-6-19-18(23)15-5-4-14(7-12(15)2)21-11-24-16-8-13(10-22)9-20-17(16)21/h4-5,7-8,10,18-20,23H,3,6,9,11H2,1-2H3. The van der Waals surface area contributed by atoms with Gasteiger partial charge in [0, 0.05) is 17.8 Å². The molecule has 6 heteroatoms. The summed E-state index contributed by atoms with van der Waals surface area (Å²) >= 11 is 0. The fourth-order valence-corrected chi connectivity index (χ4v) is 2.90. The van der Waals surface area contributed by atoms with Crippen LogP contribution in [-0.2, 0) is 9.53 Å². The highest BCUT2D eigenvalue weighted by Gasteiger charge is 2.27. The number of aliphatic hydroxyl groups excluding tert-OH is 1. The normalized spacial score (nSPS) is 17.8. The van der Waals surface area contributed by atoms with Gasteiger partial charge >= 0.3 is 0 Å². The molecule has 0 spiro atoms. The first-order chi connectivity index (χ1) is 11.6. The Bertz CT molecular complexity index is 697. The van der Waals surface area contributed by atoms with Crippen molar-refractivity contribution >= 4 is 12.0 Å². The highest BCUT2D eigenvalue weighted by atomic mass is 16.5. The average Bonchev–Trinajstić information content (AvgIpc) is 3.02. The molecule has 2 heterocycles. The number of anilines is 1. The number of carbonyl (C=O) groups excluding carboxylic acids is 1. The number of rotatable bonds is 6. The van der Waals surface area contributed by atoms with Crippen molar-refractivity contribution in [2.45, 2.75) is 26.5 Å². The lowest BCUT2D eigenvalue weighted by atomic mass is 10.1. The summed E-state index contributed by atoms with van der Waals surface area (Å²) in [7, 11) is 0. The van der Waals surface area contributed by atoms with Gasteiger partial charge in [-0.05, 0) is 49.2 Å². The zero-order valence-electron chi connectivity index (χ0n) is 14.0. The predicted molar refractivity (Wildman–Crippen MR) is 92.0 cm³/mol. The molecule has 1 unspecified atom stereocenters. The van der Waals surface area contributed by atoms with Crippen LogP contribution < -0.4 is 15.5 Å². The minimum absolute atomic E-state index is 0.399. The lowest BCUT2D eigenvalue weighted by Crippen LogP contribution is -2.32. The molecule has 2 aliphatic heterocycles. The minimum Gasteiger partial charge on any atom is -0.469 e. The van der Waals surface area contributed by atoms with Crippen molar-refractivity contribution in [1.82, 2.24) is 10.6 Å². The van der Waals surface area contributed by atoms with Crippen LogP contribution in [0.15, 0.2) is 41.4 Å². The average molecular weight is 329 g/mol. The van der Waals surface area contributed by atoms with Crippen LogP contribution in [0.1, 0.15) is 30.7 Å². The van der Waals surface area contributed by atoms with Crippen LogP contribution in [0.25, 0.3) is 0 Å². The maximum atomic E-state index is 10.9. The maximum Gasteiger partial charge on any atom is 0.167 e. The molecule has 0 aliphatic carbocycles. The Morgan fingerprint density at radius 2 is 2.33 bits per heavy atom. The van der Waals surface area contributed by atoms with Crippen LogP contribution in [0.2, 0.25) is 0 Å². The first-order valence-electron chi connectivity index (χ1n) is 8.20. The van der Waals surface area contributed by atoms with Crippen LogP contribution in [0.5, 0.6) is 0 Å². The number of hydrogen-bond donors (Lipinski definition) is 3. The number of aldehydes is 1. The largest absolute Gasteiger partial charge is 0.469 e. The molecule has 0 fully saturated rings. The molecule has 6 nitrogen and oxygen atoms in total. The molecule has 128 valence electrons. The minimum atomic E-state index is -0.658. The van der Waals surface area contributed by atoms with Gasteiger partial charge in [0.15, 0.2) is 18.3 Å². The van der Waals surface area contributed by atoms with Crippen LogP contribution in [0.4, 0.5) is 5.69 Å². The smallest absolute Gasteiger partial charge is 0.167 e. The summed E-state index contributed by atoms with van der Waals surface area (Å²) in [6, 6.07) is 5.94. The van der Waals surface area contributed by atoms with Crippen molar-refractivity contribution in [1.29, 1.82) is 0 Å². The first kappa shape index (κ1) is 16.5. The molecule has 2 aliphatic rings. The van der Waals surface area contributed by atoms with Crippen LogP contribution in [-0.4, -0.2) is 31.2 Å². The van der Waals surface area contributed by atoms with E-state index in [0.717, 1.165) is 41.9 Å². The monoisotopic (exact) mass is 329 g/mol. The summed E-state index contributed by atoms with van der Waals surface area (Å²) in [5.41, 5.74) is 3.55. The fraction of sp³-hybridized carbons (Fsp3) is 0.389. The van der Waals surface area contributed by atoms with Gasteiger partial charge in [-0.25, -0.2) is 0 Å². The van der Waals surface area contributed by atoms with Crippen molar-refractivity contribution in [3.8, 4) is 0 Å². The highest BCUT2D eigenvalue weighted by molar-refractivity contribution is 5.76. The molecule has 3 N–H and O–H groups in total. The van der Waals surface area contributed by atoms with E-state index in [4.69, 9.17) is 4.74 Å². The third-order valence-corrected chi connectivity index (χ3v) is 4.23. The Morgan fingerprint density at radius 3 is 3.04 bits per heavy atom. The van der Waals surface area contributed by atoms with Crippen LogP contribution in [0, 0.1) is 6.92 Å². The van der Waals surface area contributed by atoms with Gasteiger partial charge in [-0.15, -0.1) is 0 Å². The topological polar surface area (TPSA) is 73.8 Å². The lowest BCUT2D eigenvalue weighted by Gasteiger charge is -2.24. The Morgan fingerprint density at radius 1 is 1.50 bits per heavy atom. The summed E-state index contributed by atoms with van der Waals surface area (Å²) in [6.45, 7) is 5.72. The zero-order chi connectivity index (χ0) is 17.1. The predicted octanol–water partition coefficient (Wildman–Crippen LogP) is 1.68. The number of ether oxygens (including phenoxy) is 1. The number of benzene rings is 1. The summed E-state index contributed by atoms with van der Waals surface area (Å²) < 4.78 is 5.67. The van der Waals surface area contributed by atoms with E-state index < -0.39 is 6.23 Å². The van der Waals surface area contributed by atoms with Crippen LogP contribution >= 0.6 is 0 Å². The summed E-state index contributed by atoms with van der Waals surface area (Å²) in [5, 5.41) is 16.5. The van der Waals surface area contributed by atoms with E-state index >= 15 is 0 Å². The number of hydrogen-bond acceptors (Lipinski definition) is 6. The molecule has 0 amide bonds. The quantitative estimate of drug-likeness (QED) is 0.545. The zero-order valence-corrected chi connectivity index (χ0v) is 14.0. The summed E-state index contributed by atoms with van der Waals surface area (Å²) in [5.74, 6) is 1.56. The lowest BCUT2D eigenvalue weighted by molar-refractivity contribution is -0.105. The Labute approximate surface area is 141 Å². The second-order valence-corrected chi connectivity index (χ2v) is 6.00. The Balaban J connectivity index is 1.81. The van der Waals surface area contributed by atoms with Crippen molar-refractivity contribution in [3.05, 3.63) is 52.6 Å². The third kappa shape index (κ3) is 3.16. The molecule has 0 radical (unpaired) electrons. The molecular weight excluding hydrogens is 306 g/mol. The molecule has 1 aromatic carbocycles. The molecule has 3 rings (SSSR count). The number of allylic oxidation sites excluding steroid dienone is 1. The third-order valence-electron chi connectivity index (χ3n) is 4.23. The van der Waals surface area contributed by atoms with Gasteiger partial charge in [0.2, 0.25) is 0 Å². The van der Waals surface area contributed by atoms with Gasteiger partial charge in [0.05, 0.1) is 0 Å². The Kier molecular flexibility index (Phi) is 4.87. The molecule has 0 saturated carbocycles. The fourth-order valence-electron chi connectivity index (χ4n) is 2.90. The maximum absolute atomic E-state index is 10.9. The summed E-state index contributed by atoms with van der Waals surface area (Å²) in [4.78, 5) is 12.9. The van der Waals surface area contributed by atoms with Crippen molar-refractivity contribution < 1.29 is 14.6 Å². The van der Waals surface area contributed by atoms with E-state index in [1.54, 1.807) is 6.08 Å². The van der Waals surface area contributed by atoms with Gasteiger partial charge in [-0.3, -0.25) is 15.0 Å². The Hall–Kier alpha value is -2.31. The van der Waals surface area contributed by atoms with E-state index in [1.807, 2.05) is 30.0 Å². The van der Waals surface area contributed by atoms with Gasteiger partial charge in [0.25, 0.3) is 0 Å². The summed E-state index contributed by atoms with van der Waals surface area (Å²) in [6.07, 6.45) is 2.93. The van der Waals surface area contributed by atoms with Crippen molar-refractivity contribution in [3.63, 3.8) is 0 Å². The number of aryl methyl sites for hydroxylation is 1. The molecule has 0 bridgehead atoms. The van der Waals surface area contributed by atoms with Gasteiger partial charge in [-0.2, -0.15) is 0 Å². The molecule has 1 atom stereocenters. The van der Waals surface area contributed by atoms with Gasteiger partial charge < -0.3 is 15.2 Å². The number of dihydropyridines is 1. The van der Waals surface area contributed by atoms with E-state index in [2.05, 4.69) is 17.6 Å².